The van der Waals surface area contributed by atoms with Crippen LogP contribution in [0.2, 0.25) is 5.15 Å². The minimum Gasteiger partial charge on any atom is -0.507 e. The maximum Gasteiger partial charge on any atom is 0.165 e. The first-order valence-corrected chi connectivity index (χ1v) is 7.81. The van der Waals surface area contributed by atoms with Gasteiger partial charge in [0.15, 0.2) is 10.8 Å². The third-order valence-corrected chi connectivity index (χ3v) is 4.29. The van der Waals surface area contributed by atoms with Gasteiger partial charge in [0, 0.05) is 6.61 Å². The van der Waals surface area contributed by atoms with Gasteiger partial charge in [0.1, 0.15) is 22.9 Å². The number of hydrogen-bond acceptors (Lipinski definition) is 5. The number of fused-ring (bicyclic) bond motifs is 1. The van der Waals surface area contributed by atoms with E-state index in [1.165, 1.54) is 0 Å². The molecule has 1 aromatic carbocycles. The molecule has 1 N–H and O–H groups in total. The summed E-state index contributed by atoms with van der Waals surface area (Å²) in [4.78, 5) is 13.3. The number of aryl methyl sites for hydroxylation is 1. The smallest absolute Gasteiger partial charge is 0.165 e. The van der Waals surface area contributed by atoms with Gasteiger partial charge in [-0.1, -0.05) is 23.7 Å². The van der Waals surface area contributed by atoms with Crippen molar-refractivity contribution in [3.8, 4) is 17.1 Å². The molecule has 6 nitrogen and oxygen atoms in total. The first-order valence-electron chi connectivity index (χ1n) is 7.43. The number of benzene rings is 1. The molecule has 0 amide bonds. The first kappa shape index (κ1) is 14.4. The zero-order valence-corrected chi connectivity index (χ0v) is 13.3. The Kier molecular flexibility index (Phi) is 3.43. The van der Waals surface area contributed by atoms with Crippen LogP contribution in [-0.4, -0.2) is 37.8 Å². The van der Waals surface area contributed by atoms with Crippen LogP contribution in [0.3, 0.4) is 0 Å². The quantitative estimate of drug-likeness (QED) is 0.731. The molecule has 3 heterocycles. The predicted octanol–water partition coefficient (Wildman–Crippen LogP) is 3.12. The SMILES string of the molecule is Cc1nc(Cl)c2nc(-c3ccccc3O)n(C3CCOC3)c2n1. The summed E-state index contributed by atoms with van der Waals surface area (Å²) in [5.74, 6) is 1.39. The number of rotatable bonds is 2. The van der Waals surface area contributed by atoms with E-state index in [2.05, 4.69) is 15.0 Å². The average Bonchev–Trinajstić information content (AvgIpc) is 3.14. The zero-order valence-electron chi connectivity index (χ0n) is 12.5. The van der Waals surface area contributed by atoms with Crippen molar-refractivity contribution in [3.05, 3.63) is 35.2 Å². The number of halogens is 1. The topological polar surface area (TPSA) is 73.1 Å². The highest BCUT2D eigenvalue weighted by Gasteiger charge is 2.27. The molecule has 0 bridgehead atoms. The van der Waals surface area contributed by atoms with E-state index in [-0.39, 0.29) is 11.8 Å². The molecule has 1 saturated heterocycles. The number of nitrogens with zero attached hydrogens (tertiary/aromatic N) is 4. The summed E-state index contributed by atoms with van der Waals surface area (Å²) in [6.45, 7) is 3.09. The summed E-state index contributed by atoms with van der Waals surface area (Å²) in [7, 11) is 0. The fraction of sp³-hybridized carbons (Fsp3) is 0.312. The van der Waals surface area contributed by atoms with Gasteiger partial charge in [-0.15, -0.1) is 0 Å². The molecule has 0 saturated carbocycles. The summed E-state index contributed by atoms with van der Waals surface area (Å²) in [6.07, 6.45) is 0.868. The molecule has 1 aliphatic rings. The van der Waals surface area contributed by atoms with E-state index in [9.17, 15) is 5.11 Å². The maximum atomic E-state index is 10.2. The summed E-state index contributed by atoms with van der Waals surface area (Å²) in [6, 6.07) is 7.23. The van der Waals surface area contributed by atoms with Crippen molar-refractivity contribution in [1.82, 2.24) is 19.5 Å². The Morgan fingerprint density at radius 3 is 2.83 bits per heavy atom. The van der Waals surface area contributed by atoms with Crippen molar-refractivity contribution in [2.75, 3.05) is 13.2 Å². The highest BCUT2D eigenvalue weighted by atomic mass is 35.5. The Bertz CT molecular complexity index is 887. The largest absolute Gasteiger partial charge is 0.507 e. The molecule has 118 valence electrons. The highest BCUT2D eigenvalue weighted by Crippen LogP contribution is 2.36. The molecule has 3 aromatic rings. The van der Waals surface area contributed by atoms with Gasteiger partial charge in [-0.25, -0.2) is 15.0 Å². The number of aromatic nitrogens is 4. The lowest BCUT2D eigenvalue weighted by Gasteiger charge is -2.15. The van der Waals surface area contributed by atoms with Crippen LogP contribution in [0.1, 0.15) is 18.3 Å². The van der Waals surface area contributed by atoms with Crippen LogP contribution in [0.5, 0.6) is 5.75 Å². The van der Waals surface area contributed by atoms with E-state index >= 15 is 0 Å². The van der Waals surface area contributed by atoms with Gasteiger partial charge in [-0.3, -0.25) is 0 Å². The number of phenols is 1. The van der Waals surface area contributed by atoms with Gasteiger partial charge in [0.2, 0.25) is 0 Å². The fourth-order valence-electron chi connectivity index (χ4n) is 2.97. The van der Waals surface area contributed by atoms with Crippen LogP contribution in [0.4, 0.5) is 0 Å². The maximum absolute atomic E-state index is 10.2. The van der Waals surface area contributed by atoms with Gasteiger partial charge in [0.05, 0.1) is 18.2 Å². The van der Waals surface area contributed by atoms with Crippen molar-refractivity contribution < 1.29 is 9.84 Å². The number of imidazole rings is 1. The van der Waals surface area contributed by atoms with Crippen LogP contribution >= 0.6 is 11.6 Å². The fourth-order valence-corrected chi connectivity index (χ4v) is 3.22. The molecule has 0 radical (unpaired) electrons. The summed E-state index contributed by atoms with van der Waals surface area (Å²) < 4.78 is 7.54. The standard InChI is InChI=1S/C16H15ClN4O2/c1-9-18-14(17)13-16(19-9)21(10-6-7-23-8-10)15(20-13)11-4-2-3-5-12(11)22/h2-5,10,22H,6-8H2,1H3. The van der Waals surface area contributed by atoms with Crippen molar-refractivity contribution >= 4 is 22.8 Å². The van der Waals surface area contributed by atoms with Crippen LogP contribution in [0.15, 0.2) is 24.3 Å². The van der Waals surface area contributed by atoms with Gasteiger partial charge < -0.3 is 14.4 Å². The Balaban J connectivity index is 2.05. The van der Waals surface area contributed by atoms with E-state index in [1.54, 1.807) is 19.1 Å². The molecule has 2 aromatic heterocycles. The molecule has 0 aliphatic carbocycles. The second kappa shape index (κ2) is 5.47. The van der Waals surface area contributed by atoms with Crippen molar-refractivity contribution in [2.45, 2.75) is 19.4 Å². The molecule has 4 rings (SSSR count). The number of aromatic hydroxyl groups is 1. The predicted molar refractivity (Wildman–Crippen MR) is 86.6 cm³/mol. The molecular weight excluding hydrogens is 316 g/mol. The molecule has 0 spiro atoms. The highest BCUT2D eigenvalue weighted by molar-refractivity contribution is 6.33. The third-order valence-electron chi connectivity index (χ3n) is 4.02. The minimum atomic E-state index is 0.111. The molecular formula is C16H15ClN4O2. The minimum absolute atomic E-state index is 0.111. The van der Waals surface area contributed by atoms with Crippen LogP contribution in [0, 0.1) is 6.92 Å². The molecule has 7 heteroatoms. The number of phenolic OH excluding ortho intramolecular Hbond substituents is 1. The average molecular weight is 331 g/mol. The molecule has 1 aliphatic heterocycles. The monoisotopic (exact) mass is 330 g/mol. The molecule has 1 unspecified atom stereocenters. The Hall–Kier alpha value is -2.18. The number of hydrogen-bond donors (Lipinski definition) is 1. The van der Waals surface area contributed by atoms with Crippen LogP contribution in [-0.2, 0) is 4.74 Å². The van der Waals surface area contributed by atoms with Crippen LogP contribution in [0.25, 0.3) is 22.6 Å². The van der Waals surface area contributed by atoms with Gasteiger partial charge in [0.25, 0.3) is 0 Å². The van der Waals surface area contributed by atoms with Gasteiger partial charge in [-0.2, -0.15) is 0 Å². The third kappa shape index (κ3) is 2.34. The zero-order chi connectivity index (χ0) is 16.0. The Morgan fingerprint density at radius 2 is 2.09 bits per heavy atom. The van der Waals surface area contributed by atoms with Crippen molar-refractivity contribution in [1.29, 1.82) is 0 Å². The summed E-state index contributed by atoms with van der Waals surface area (Å²) in [5.41, 5.74) is 1.87. The lowest BCUT2D eigenvalue weighted by molar-refractivity contribution is 0.187. The normalized spacial score (nSPS) is 17.9. The van der Waals surface area contributed by atoms with E-state index in [1.807, 2.05) is 16.7 Å². The molecule has 1 atom stereocenters. The van der Waals surface area contributed by atoms with Crippen LogP contribution < -0.4 is 0 Å². The van der Waals surface area contributed by atoms with Gasteiger partial charge in [-0.05, 0) is 25.5 Å². The number of para-hydroxylation sites is 1. The molecule has 1 fully saturated rings. The first-order chi connectivity index (χ1) is 11.1. The molecule has 23 heavy (non-hydrogen) atoms. The van der Waals surface area contributed by atoms with Gasteiger partial charge >= 0.3 is 0 Å². The van der Waals surface area contributed by atoms with Crippen molar-refractivity contribution in [3.63, 3.8) is 0 Å². The second-order valence-electron chi connectivity index (χ2n) is 5.57. The lowest BCUT2D eigenvalue weighted by Crippen LogP contribution is -2.11. The second-order valence-corrected chi connectivity index (χ2v) is 5.93. The Morgan fingerprint density at radius 1 is 1.26 bits per heavy atom. The van der Waals surface area contributed by atoms with E-state index in [0.717, 1.165) is 6.42 Å². The van der Waals surface area contributed by atoms with Crippen molar-refractivity contribution in [2.24, 2.45) is 0 Å². The lowest BCUT2D eigenvalue weighted by atomic mass is 10.1. The summed E-state index contributed by atoms with van der Waals surface area (Å²) >= 11 is 6.26. The van der Waals surface area contributed by atoms with E-state index < -0.39 is 0 Å². The Labute approximate surface area is 137 Å². The summed E-state index contributed by atoms with van der Waals surface area (Å²) in [5, 5.41) is 10.5. The van der Waals surface area contributed by atoms with E-state index in [4.69, 9.17) is 16.3 Å². The van der Waals surface area contributed by atoms with E-state index in [0.29, 0.717) is 46.7 Å². The number of ether oxygens (including phenoxy) is 1.